The molecule has 1 aromatic heterocycles. The van der Waals surface area contributed by atoms with Crippen molar-refractivity contribution >= 4 is 34.7 Å². The molecule has 1 atom stereocenters. The van der Waals surface area contributed by atoms with E-state index in [2.05, 4.69) is 18.2 Å². The van der Waals surface area contributed by atoms with Gasteiger partial charge in [0.15, 0.2) is 4.80 Å². The third-order valence-corrected chi connectivity index (χ3v) is 7.81. The lowest BCUT2D eigenvalue weighted by atomic mass is 9.83. The summed E-state index contributed by atoms with van der Waals surface area (Å²) in [5.74, 6) is 0.781. The van der Waals surface area contributed by atoms with Crippen molar-refractivity contribution in [2.24, 2.45) is 4.99 Å². The van der Waals surface area contributed by atoms with Crippen molar-refractivity contribution in [3.05, 3.63) is 125 Å². The number of rotatable bonds is 3. The molecule has 0 spiro atoms. The van der Waals surface area contributed by atoms with Gasteiger partial charge in [-0.3, -0.25) is 9.36 Å². The van der Waals surface area contributed by atoms with Crippen molar-refractivity contribution in [2.75, 3.05) is 7.11 Å². The highest BCUT2D eigenvalue weighted by atomic mass is 35.5. The molecule has 6 rings (SSSR count). The number of ether oxygens (including phenoxy) is 1. The van der Waals surface area contributed by atoms with Crippen LogP contribution in [0.5, 0.6) is 5.75 Å². The zero-order valence-electron chi connectivity index (χ0n) is 18.5. The highest BCUT2D eigenvalue weighted by Crippen LogP contribution is 2.42. The van der Waals surface area contributed by atoms with E-state index in [-0.39, 0.29) is 11.6 Å². The summed E-state index contributed by atoms with van der Waals surface area (Å²) >= 11 is 8.11. The van der Waals surface area contributed by atoms with Crippen LogP contribution in [0.15, 0.2) is 88.2 Å². The van der Waals surface area contributed by atoms with E-state index in [0.29, 0.717) is 14.4 Å². The maximum absolute atomic E-state index is 13.7. The zero-order valence-corrected chi connectivity index (χ0v) is 20.1. The fourth-order valence-corrected chi connectivity index (χ4v) is 6.09. The number of thiazole rings is 1. The molecule has 1 aliphatic carbocycles. The van der Waals surface area contributed by atoms with Gasteiger partial charge in [-0.2, -0.15) is 0 Å². The highest BCUT2D eigenvalue weighted by molar-refractivity contribution is 7.07. The largest absolute Gasteiger partial charge is 0.497 e. The summed E-state index contributed by atoms with van der Waals surface area (Å²) in [6.07, 6.45) is 3.68. The Morgan fingerprint density at radius 3 is 2.59 bits per heavy atom. The Hall–Kier alpha value is -3.41. The van der Waals surface area contributed by atoms with E-state index in [0.717, 1.165) is 46.6 Å². The maximum atomic E-state index is 13.7. The first kappa shape index (κ1) is 21.1. The molecule has 0 bridgehead atoms. The van der Waals surface area contributed by atoms with E-state index in [9.17, 15) is 4.79 Å². The van der Waals surface area contributed by atoms with Crippen LogP contribution in [0.1, 0.15) is 34.7 Å². The van der Waals surface area contributed by atoms with Crippen LogP contribution >= 0.6 is 22.9 Å². The fourth-order valence-electron chi connectivity index (χ4n) is 4.85. The second kappa shape index (κ2) is 8.42. The predicted molar refractivity (Wildman–Crippen MR) is 137 cm³/mol. The van der Waals surface area contributed by atoms with Crippen LogP contribution in [0.2, 0.25) is 5.02 Å². The van der Waals surface area contributed by atoms with Crippen molar-refractivity contribution in [1.82, 2.24) is 4.57 Å². The molecule has 6 heteroatoms. The molecule has 0 saturated carbocycles. The molecule has 0 unspecified atom stereocenters. The van der Waals surface area contributed by atoms with Crippen LogP contribution in [-0.4, -0.2) is 11.7 Å². The average Bonchev–Trinajstić information content (AvgIpc) is 3.18. The van der Waals surface area contributed by atoms with Gasteiger partial charge >= 0.3 is 0 Å². The van der Waals surface area contributed by atoms with E-state index in [4.69, 9.17) is 21.3 Å². The molecule has 2 aliphatic rings. The lowest BCUT2D eigenvalue weighted by Gasteiger charge is -2.31. The Bertz CT molecular complexity index is 1630. The van der Waals surface area contributed by atoms with Crippen LogP contribution in [0.3, 0.4) is 0 Å². The second-order valence-corrected chi connectivity index (χ2v) is 9.82. The van der Waals surface area contributed by atoms with Gasteiger partial charge < -0.3 is 4.74 Å². The number of nitrogens with zero attached hydrogens (tertiary/aromatic N) is 2. The van der Waals surface area contributed by atoms with Gasteiger partial charge in [0.2, 0.25) is 0 Å². The minimum absolute atomic E-state index is 0.0464. The first-order valence-corrected chi connectivity index (χ1v) is 12.3. The van der Waals surface area contributed by atoms with Gasteiger partial charge in [-0.15, -0.1) is 0 Å². The minimum atomic E-state index is -0.272. The van der Waals surface area contributed by atoms with Crippen LogP contribution in [-0.2, 0) is 6.42 Å². The van der Waals surface area contributed by atoms with Gasteiger partial charge in [0.25, 0.3) is 5.56 Å². The normalized spacial score (nSPS) is 17.0. The molecule has 0 amide bonds. The number of allylic oxidation sites excluding steroid dienone is 1. The number of halogens is 1. The smallest absolute Gasteiger partial charge is 0.271 e. The first-order valence-electron chi connectivity index (χ1n) is 11.2. The van der Waals surface area contributed by atoms with E-state index in [1.165, 1.54) is 16.9 Å². The van der Waals surface area contributed by atoms with E-state index < -0.39 is 0 Å². The molecule has 34 heavy (non-hydrogen) atoms. The maximum Gasteiger partial charge on any atom is 0.271 e. The van der Waals surface area contributed by atoms with E-state index in [1.807, 2.05) is 65.2 Å². The predicted octanol–water partition coefficient (Wildman–Crippen LogP) is 4.98. The third-order valence-electron chi connectivity index (χ3n) is 6.49. The number of aromatic nitrogens is 1. The molecule has 4 nitrogen and oxygen atoms in total. The third kappa shape index (κ3) is 3.44. The van der Waals surface area contributed by atoms with Crippen molar-refractivity contribution in [3.63, 3.8) is 0 Å². The summed E-state index contributed by atoms with van der Waals surface area (Å²) in [4.78, 5) is 19.5. The highest BCUT2D eigenvalue weighted by Gasteiger charge is 2.33. The van der Waals surface area contributed by atoms with E-state index in [1.54, 1.807) is 7.11 Å². The molecule has 1 aliphatic heterocycles. The molecule has 2 heterocycles. The molecule has 0 fully saturated rings. The Morgan fingerprint density at radius 1 is 1.03 bits per heavy atom. The van der Waals surface area contributed by atoms with Crippen LogP contribution in [0, 0.1) is 0 Å². The summed E-state index contributed by atoms with van der Waals surface area (Å²) in [7, 11) is 1.64. The minimum Gasteiger partial charge on any atom is -0.497 e. The Kier molecular flexibility index (Phi) is 5.24. The molecule has 0 saturated heterocycles. The first-order chi connectivity index (χ1) is 16.6. The number of aryl methyl sites for hydroxylation is 1. The van der Waals surface area contributed by atoms with Crippen LogP contribution in [0.4, 0.5) is 0 Å². The number of methoxy groups -OCH3 is 1. The SMILES string of the molecule is COc1ccc(C=c2sc3n(c2=O)[C@@H](c2ccccc2Cl)C2=C(N=3)c3ccccc3CC2)cc1. The zero-order chi connectivity index (χ0) is 23.2. The van der Waals surface area contributed by atoms with Crippen LogP contribution < -0.4 is 19.6 Å². The Morgan fingerprint density at radius 2 is 1.79 bits per heavy atom. The number of benzene rings is 3. The summed E-state index contributed by atoms with van der Waals surface area (Å²) in [6.45, 7) is 0. The van der Waals surface area contributed by atoms with Crippen molar-refractivity contribution in [2.45, 2.75) is 18.9 Å². The Balaban J connectivity index is 1.61. The number of fused-ring (bicyclic) bond motifs is 3. The van der Waals surface area contributed by atoms with Gasteiger partial charge in [-0.25, -0.2) is 4.99 Å². The lowest BCUT2D eigenvalue weighted by Crippen LogP contribution is -2.38. The van der Waals surface area contributed by atoms with Crippen molar-refractivity contribution < 1.29 is 4.74 Å². The molecule has 3 aromatic carbocycles. The van der Waals surface area contributed by atoms with Gasteiger partial charge in [0, 0.05) is 10.6 Å². The van der Waals surface area contributed by atoms with Gasteiger partial charge in [0.05, 0.1) is 23.4 Å². The lowest BCUT2D eigenvalue weighted by molar-refractivity contribution is 0.415. The van der Waals surface area contributed by atoms with Gasteiger partial charge in [-0.05, 0) is 59.4 Å². The monoisotopic (exact) mass is 484 g/mol. The van der Waals surface area contributed by atoms with Gasteiger partial charge in [-0.1, -0.05) is 77.5 Å². The number of hydrogen-bond acceptors (Lipinski definition) is 4. The molecule has 0 radical (unpaired) electrons. The summed E-state index contributed by atoms with van der Waals surface area (Å²) in [6, 6.07) is 23.6. The topological polar surface area (TPSA) is 43.6 Å². The Labute approximate surface area is 205 Å². The molecule has 168 valence electrons. The summed E-state index contributed by atoms with van der Waals surface area (Å²) in [5, 5.41) is 0.657. The molecular weight excluding hydrogens is 464 g/mol. The number of hydrogen-bond donors (Lipinski definition) is 0. The average molecular weight is 485 g/mol. The second-order valence-electron chi connectivity index (χ2n) is 8.41. The molecular formula is C28H21ClN2O2S. The van der Waals surface area contributed by atoms with Gasteiger partial charge in [0.1, 0.15) is 5.75 Å². The summed E-state index contributed by atoms with van der Waals surface area (Å²) in [5.41, 5.74) is 6.39. The molecule has 0 N–H and O–H groups in total. The summed E-state index contributed by atoms with van der Waals surface area (Å²) < 4.78 is 7.73. The van der Waals surface area contributed by atoms with Crippen molar-refractivity contribution in [1.29, 1.82) is 0 Å². The van der Waals surface area contributed by atoms with Crippen molar-refractivity contribution in [3.8, 4) is 5.75 Å². The fraction of sp³-hybridized carbons (Fsp3) is 0.143. The molecule has 4 aromatic rings. The van der Waals surface area contributed by atoms with E-state index >= 15 is 0 Å². The quantitative estimate of drug-likeness (QED) is 0.411. The van der Waals surface area contributed by atoms with Crippen LogP contribution in [0.25, 0.3) is 11.8 Å². The standard InChI is InChI=1S/C28H21ClN2O2S/c1-33-19-13-10-17(11-14-19)16-24-27(32)31-26(21-8-4-5-9-23(21)29)22-15-12-18-6-2-3-7-20(18)25(22)30-28(31)34-24/h2-11,13-14,16,26H,12,15H2,1H3/t26-/m0/s1.